The number of carbonyl (C=O) groups is 2. The molecule has 0 atom stereocenters. The summed E-state index contributed by atoms with van der Waals surface area (Å²) in [6.07, 6.45) is 1.70. The van der Waals surface area contributed by atoms with E-state index in [4.69, 9.17) is 16.3 Å². The van der Waals surface area contributed by atoms with E-state index in [0.29, 0.717) is 43.1 Å². The van der Waals surface area contributed by atoms with Gasteiger partial charge >= 0.3 is 182 Å². The van der Waals surface area contributed by atoms with Gasteiger partial charge in [0.05, 0.1) is 0 Å². The Morgan fingerprint density at radius 2 is 2.03 bits per heavy atom. The van der Waals surface area contributed by atoms with Crippen molar-refractivity contribution in [3.8, 4) is 0 Å². The van der Waals surface area contributed by atoms with E-state index in [2.05, 4.69) is 10.3 Å². The van der Waals surface area contributed by atoms with Gasteiger partial charge in [-0.25, -0.2) is 0 Å². The van der Waals surface area contributed by atoms with Crippen LogP contribution in [0, 0.1) is 19.7 Å². The predicted molar refractivity (Wildman–Crippen MR) is 134 cm³/mol. The molecule has 1 aliphatic heterocycles. The third-order valence-electron chi connectivity index (χ3n) is 5.89. The van der Waals surface area contributed by atoms with Crippen LogP contribution in [-0.2, 0) is 16.1 Å². The number of hydrogen-bond acceptors (Lipinski definition) is 4. The Morgan fingerprint density at radius 1 is 1.23 bits per heavy atom. The van der Waals surface area contributed by atoms with E-state index in [-0.39, 0.29) is 44.7 Å². The molecular formula is C25H19ClFN3O4Se. The van der Waals surface area contributed by atoms with Gasteiger partial charge in [-0.2, -0.15) is 0 Å². The number of ether oxygens (including phenoxy) is 1. The van der Waals surface area contributed by atoms with E-state index in [1.165, 1.54) is 9.63 Å². The van der Waals surface area contributed by atoms with Gasteiger partial charge in [-0.15, -0.1) is 0 Å². The number of halogens is 2. The van der Waals surface area contributed by atoms with Crippen LogP contribution in [0.25, 0.3) is 21.3 Å². The number of nitrogens with one attached hydrogen (secondary N) is 2. The molecule has 35 heavy (non-hydrogen) atoms. The Bertz CT molecular complexity index is 1610. The number of hydrogen-bond donors (Lipinski definition) is 2. The first kappa shape index (κ1) is 23.4. The second-order valence-electron chi connectivity index (χ2n) is 8.11. The third-order valence-corrected chi connectivity index (χ3v) is 8.44. The van der Waals surface area contributed by atoms with Crippen LogP contribution < -0.4 is 10.9 Å². The number of aromatic nitrogens is 2. The van der Waals surface area contributed by atoms with Gasteiger partial charge in [0.1, 0.15) is 0 Å². The Kier molecular flexibility index (Phi) is 6.00. The molecule has 2 aromatic carbocycles. The fraction of sp³-hybridized carbons (Fsp3) is 0.160. The van der Waals surface area contributed by atoms with Gasteiger partial charge in [0.15, 0.2) is 0 Å². The Labute approximate surface area is 210 Å². The minimum absolute atomic E-state index is 0.0149. The fourth-order valence-electron chi connectivity index (χ4n) is 4.19. The van der Waals surface area contributed by atoms with Crippen LogP contribution in [-0.4, -0.2) is 41.8 Å². The molecule has 178 valence electrons. The van der Waals surface area contributed by atoms with E-state index in [9.17, 15) is 18.8 Å². The number of carbonyl (C=O) groups excluding carboxylic acids is 2. The molecule has 1 aliphatic rings. The zero-order valence-electron chi connectivity index (χ0n) is 18.7. The number of aromatic amines is 1. The second-order valence-corrected chi connectivity index (χ2v) is 10.8. The summed E-state index contributed by atoms with van der Waals surface area (Å²) in [5.74, 6) is -1.32. The van der Waals surface area contributed by atoms with Crippen LogP contribution in [0.3, 0.4) is 0 Å². The number of aryl methyl sites for hydroxylation is 1. The van der Waals surface area contributed by atoms with Gasteiger partial charge in [0.2, 0.25) is 0 Å². The number of nitrogens with zero attached hydrogens (tertiary/aromatic N) is 1. The van der Waals surface area contributed by atoms with Crippen LogP contribution in [0.2, 0.25) is 5.02 Å². The molecule has 0 radical (unpaired) electrons. The maximum absolute atomic E-state index is 14.0. The molecule has 0 unspecified atom stereocenters. The molecule has 0 spiro atoms. The minimum atomic E-state index is -0.535. The van der Waals surface area contributed by atoms with Crippen molar-refractivity contribution in [1.82, 2.24) is 8.55 Å². The molecule has 0 bridgehead atoms. The van der Waals surface area contributed by atoms with Crippen molar-refractivity contribution in [2.75, 3.05) is 11.9 Å². The number of rotatable bonds is 5. The van der Waals surface area contributed by atoms with Crippen LogP contribution in [0.15, 0.2) is 41.2 Å². The molecule has 10 heteroatoms. The number of H-pyrrole nitrogens is 1. The Morgan fingerprint density at radius 3 is 2.80 bits per heavy atom. The summed E-state index contributed by atoms with van der Waals surface area (Å²) in [5.41, 5.74) is 3.68. The first-order valence-electron chi connectivity index (χ1n) is 10.7. The molecule has 2 aromatic heterocycles. The monoisotopic (exact) mass is 559 g/mol. The molecule has 1 amide bonds. The number of anilines is 1. The van der Waals surface area contributed by atoms with Crippen molar-refractivity contribution < 1.29 is 18.7 Å². The van der Waals surface area contributed by atoms with Crippen molar-refractivity contribution in [3.05, 3.63) is 85.7 Å². The molecular weight excluding hydrogens is 540 g/mol. The molecule has 3 heterocycles. The van der Waals surface area contributed by atoms with Gasteiger partial charge in [-0.3, -0.25) is 0 Å². The first-order chi connectivity index (χ1) is 16.7. The molecule has 4 aromatic rings. The summed E-state index contributed by atoms with van der Waals surface area (Å²) in [6.45, 7) is 3.69. The van der Waals surface area contributed by atoms with Crippen LogP contribution in [0.4, 0.5) is 10.1 Å². The van der Waals surface area contributed by atoms with Crippen molar-refractivity contribution in [3.63, 3.8) is 0 Å². The standard InChI is InChI=1S/C25H19ClFN3O4Se/c1-12-18(11-16-15-7-6-14(26)10-19(15)29-23(16)31)28-13(2)21(12)25(33)34-9-8-30-24(32)22-17(27)4-3-5-20(22)35-30/h3-7,10-11,28H,8-9H2,1-2H3,(H,29,31)/b16-11-. The average Bonchev–Trinajstić information content (AvgIpc) is 3.39. The fourth-order valence-corrected chi connectivity index (χ4v) is 6.45. The van der Waals surface area contributed by atoms with Gasteiger partial charge < -0.3 is 0 Å². The Hall–Kier alpha value is -3.39. The van der Waals surface area contributed by atoms with Crippen molar-refractivity contribution in [2.24, 2.45) is 0 Å². The van der Waals surface area contributed by atoms with Crippen molar-refractivity contribution in [1.29, 1.82) is 0 Å². The first-order valence-corrected chi connectivity index (χ1v) is 12.7. The number of benzene rings is 2. The summed E-state index contributed by atoms with van der Waals surface area (Å²) < 4.78 is 21.6. The second kappa shape index (κ2) is 9.00. The van der Waals surface area contributed by atoms with E-state index in [0.717, 1.165) is 5.56 Å². The van der Waals surface area contributed by atoms with Crippen molar-refractivity contribution in [2.45, 2.75) is 20.4 Å². The normalized spacial score (nSPS) is 13.9. The average molecular weight is 559 g/mol. The summed E-state index contributed by atoms with van der Waals surface area (Å²) in [7, 11) is 0. The number of esters is 1. The molecule has 0 saturated carbocycles. The summed E-state index contributed by atoms with van der Waals surface area (Å²) in [5, 5.41) is 3.42. The molecule has 5 rings (SSSR count). The molecule has 7 nitrogen and oxygen atoms in total. The molecule has 0 fully saturated rings. The molecule has 2 N–H and O–H groups in total. The van der Waals surface area contributed by atoms with Crippen LogP contribution in [0.1, 0.15) is 32.9 Å². The summed E-state index contributed by atoms with van der Waals surface area (Å²) >= 11 is 5.66. The van der Waals surface area contributed by atoms with Gasteiger partial charge in [0, 0.05) is 5.02 Å². The quantitative estimate of drug-likeness (QED) is 0.219. The predicted octanol–water partition coefficient (Wildman–Crippen LogP) is 4.15. The van der Waals surface area contributed by atoms with E-state index >= 15 is 0 Å². The summed E-state index contributed by atoms with van der Waals surface area (Å²) in [6, 6.07) is 9.76. The topological polar surface area (TPSA) is 93.2 Å². The Balaban J connectivity index is 1.34. The molecule has 0 saturated heterocycles. The van der Waals surface area contributed by atoms with E-state index < -0.39 is 11.8 Å². The third kappa shape index (κ3) is 4.16. The van der Waals surface area contributed by atoms with Crippen molar-refractivity contribution >= 4 is 65.2 Å². The summed E-state index contributed by atoms with van der Waals surface area (Å²) in [4.78, 5) is 41.0. The van der Waals surface area contributed by atoms with Gasteiger partial charge in [0.25, 0.3) is 0 Å². The van der Waals surface area contributed by atoms with Gasteiger partial charge in [-0.1, -0.05) is 11.6 Å². The van der Waals surface area contributed by atoms with E-state index in [1.54, 1.807) is 50.3 Å². The SMILES string of the molecule is Cc1[nH]c(/C=C2\C(=O)Nc3cc(Cl)ccc32)c(C)c1C(=O)OCCn1[se]c2cccc(F)c2c1=O. The zero-order valence-corrected chi connectivity index (χ0v) is 21.2. The number of amides is 1. The van der Waals surface area contributed by atoms with Gasteiger partial charge in [-0.05, 0) is 12.1 Å². The number of fused-ring (bicyclic) bond motifs is 2. The maximum atomic E-state index is 14.0. The van der Waals surface area contributed by atoms with E-state index in [1.807, 2.05) is 0 Å². The zero-order chi connectivity index (χ0) is 24.9. The molecule has 0 aliphatic carbocycles. The van der Waals surface area contributed by atoms with Crippen LogP contribution >= 0.6 is 11.6 Å². The van der Waals surface area contributed by atoms with Crippen LogP contribution in [0.5, 0.6) is 0 Å².